The Labute approximate surface area is 201 Å². The van der Waals surface area contributed by atoms with E-state index in [0.717, 1.165) is 16.7 Å². The van der Waals surface area contributed by atoms with Gasteiger partial charge in [0.25, 0.3) is 0 Å². The lowest BCUT2D eigenvalue weighted by Gasteiger charge is -2.30. The van der Waals surface area contributed by atoms with Crippen molar-refractivity contribution in [3.8, 4) is 5.75 Å². The van der Waals surface area contributed by atoms with Crippen molar-refractivity contribution in [2.24, 2.45) is 0 Å². The van der Waals surface area contributed by atoms with Gasteiger partial charge in [0.1, 0.15) is 11.4 Å². The fourth-order valence-corrected chi connectivity index (χ4v) is 3.53. The Morgan fingerprint density at radius 1 is 0.529 bits per heavy atom. The molecule has 1 unspecified atom stereocenters. The molecule has 0 radical (unpaired) electrons. The zero-order valence-electron chi connectivity index (χ0n) is 18.9. The van der Waals surface area contributed by atoms with Crippen molar-refractivity contribution >= 4 is 18.2 Å². The van der Waals surface area contributed by atoms with Crippen LogP contribution < -0.4 is 4.74 Å². The van der Waals surface area contributed by atoms with Crippen LogP contribution in [-0.4, -0.2) is 16.8 Å². The Morgan fingerprint density at radius 2 is 0.912 bits per heavy atom. The monoisotopic (exact) mass is 444 g/mol. The molecule has 1 N–H and O–H groups in total. The van der Waals surface area contributed by atoms with Gasteiger partial charge >= 0.3 is 0 Å². The average Bonchev–Trinajstić information content (AvgIpc) is 2.91. The molecule has 0 saturated carbocycles. The molecule has 2 heteroatoms. The van der Waals surface area contributed by atoms with Gasteiger partial charge < -0.3 is 9.84 Å². The zero-order chi connectivity index (χ0) is 23.5. The van der Waals surface area contributed by atoms with E-state index in [2.05, 4.69) is 0 Å². The van der Waals surface area contributed by atoms with E-state index in [1.165, 1.54) is 0 Å². The van der Waals surface area contributed by atoms with Crippen LogP contribution in [0.25, 0.3) is 18.2 Å². The lowest BCUT2D eigenvalue weighted by molar-refractivity contribution is 0.0389. The summed E-state index contributed by atoms with van der Waals surface area (Å²) in [6.07, 6.45) is 10.7. The molecular weight excluding hydrogens is 416 g/mol. The topological polar surface area (TPSA) is 29.5 Å². The van der Waals surface area contributed by atoms with E-state index in [9.17, 15) is 5.11 Å². The number of aliphatic hydroxyl groups is 1. The minimum Gasteiger partial charge on any atom is -0.483 e. The van der Waals surface area contributed by atoms with Gasteiger partial charge in [0.05, 0.1) is 0 Å². The summed E-state index contributed by atoms with van der Waals surface area (Å²) in [4.78, 5) is 0. The van der Waals surface area contributed by atoms with Crippen LogP contribution in [0.15, 0.2) is 140 Å². The second-order valence-electron chi connectivity index (χ2n) is 8.00. The fourth-order valence-electron chi connectivity index (χ4n) is 3.53. The number of hydrogen-bond acceptors (Lipinski definition) is 2. The van der Waals surface area contributed by atoms with Gasteiger partial charge in [-0.3, -0.25) is 0 Å². The van der Waals surface area contributed by atoms with Crippen molar-refractivity contribution in [2.45, 2.75) is 11.7 Å². The number of rotatable bonds is 9. The third-order valence-corrected chi connectivity index (χ3v) is 5.41. The Bertz CT molecular complexity index is 1160. The minimum absolute atomic E-state index is 0.671. The lowest BCUT2D eigenvalue weighted by atomic mass is 9.92. The van der Waals surface area contributed by atoms with E-state index in [-0.39, 0.29) is 0 Å². The molecule has 1 atom stereocenters. The maximum Gasteiger partial charge on any atom is 0.153 e. The maximum atomic E-state index is 12.0. The molecule has 168 valence electrons. The van der Waals surface area contributed by atoms with E-state index in [0.29, 0.717) is 5.75 Å². The van der Waals surface area contributed by atoms with Gasteiger partial charge in [-0.2, -0.15) is 0 Å². The summed E-state index contributed by atoms with van der Waals surface area (Å²) in [5.74, 6) is 0.685. The van der Waals surface area contributed by atoms with Crippen LogP contribution in [0.1, 0.15) is 16.7 Å². The molecule has 0 aliphatic rings. The van der Waals surface area contributed by atoms with E-state index in [4.69, 9.17) is 4.74 Å². The Hall–Kier alpha value is -4.14. The molecule has 0 aliphatic carbocycles. The molecule has 4 rings (SSSR count). The summed E-state index contributed by atoms with van der Waals surface area (Å²) in [5, 5.41) is 12.0. The van der Waals surface area contributed by atoms with Crippen LogP contribution >= 0.6 is 0 Å². The first-order valence-electron chi connectivity index (χ1n) is 11.4. The van der Waals surface area contributed by atoms with Crippen molar-refractivity contribution in [1.29, 1.82) is 0 Å². The summed E-state index contributed by atoms with van der Waals surface area (Å²) in [6.45, 7) is 0. The van der Waals surface area contributed by atoms with Crippen molar-refractivity contribution in [1.82, 2.24) is 0 Å². The molecule has 2 nitrogen and oxygen atoms in total. The summed E-state index contributed by atoms with van der Waals surface area (Å²) >= 11 is 0. The van der Waals surface area contributed by atoms with E-state index >= 15 is 0 Å². The molecule has 0 spiro atoms. The van der Waals surface area contributed by atoms with Crippen LogP contribution in [-0.2, 0) is 0 Å². The maximum absolute atomic E-state index is 12.0. The Balaban J connectivity index is 1.74. The van der Waals surface area contributed by atoms with Gasteiger partial charge in [-0.15, -0.1) is 0 Å². The molecule has 0 aromatic heterocycles. The van der Waals surface area contributed by atoms with E-state index in [1.807, 2.05) is 146 Å². The predicted molar refractivity (Wildman–Crippen MR) is 142 cm³/mol. The minimum atomic E-state index is -1.41. The highest BCUT2D eigenvalue weighted by atomic mass is 16.5. The van der Waals surface area contributed by atoms with Crippen molar-refractivity contribution < 1.29 is 9.84 Å². The highest BCUT2D eigenvalue weighted by Crippen LogP contribution is 2.26. The normalized spacial score (nSPS) is 14.4. The Kier molecular flexibility index (Phi) is 7.89. The first-order chi connectivity index (χ1) is 16.7. The van der Waals surface area contributed by atoms with Crippen LogP contribution in [0.3, 0.4) is 0 Å². The molecular formula is C32H28O2. The predicted octanol–water partition coefficient (Wildman–Crippen LogP) is 7.31. The molecule has 4 aromatic carbocycles. The molecule has 0 bridgehead atoms. The summed E-state index contributed by atoms with van der Waals surface area (Å²) in [5.41, 5.74) is 1.62. The summed E-state index contributed by atoms with van der Waals surface area (Å²) in [6, 6.07) is 39.5. The smallest absolute Gasteiger partial charge is 0.153 e. The zero-order valence-corrected chi connectivity index (χ0v) is 18.9. The number of hydrogen-bond donors (Lipinski definition) is 1. The molecule has 0 aliphatic heterocycles. The highest BCUT2D eigenvalue weighted by Gasteiger charge is 2.32. The largest absolute Gasteiger partial charge is 0.483 e. The van der Waals surface area contributed by atoms with E-state index in [1.54, 1.807) is 12.2 Å². The fraction of sp³-hybridized carbons (Fsp3) is 0.0625. The third-order valence-electron chi connectivity index (χ3n) is 5.41. The molecule has 0 amide bonds. The van der Waals surface area contributed by atoms with Crippen molar-refractivity contribution in [2.75, 3.05) is 0 Å². The quantitative estimate of drug-likeness (QED) is 0.293. The van der Waals surface area contributed by atoms with Crippen LogP contribution in [0.4, 0.5) is 0 Å². The van der Waals surface area contributed by atoms with Crippen LogP contribution in [0.5, 0.6) is 5.75 Å². The number of ether oxygens (including phenoxy) is 1. The van der Waals surface area contributed by atoms with Gasteiger partial charge in [0.2, 0.25) is 0 Å². The standard InChI is InChI=1S/C32H28O2/c33-32(25-23-28-15-7-2-8-16-28,26-24-29-17-9-3-10-18-29)31(34-30-19-11-4-12-20-30)22-21-27-13-5-1-6-14-27/h1-26,31,33H. The molecule has 34 heavy (non-hydrogen) atoms. The highest BCUT2D eigenvalue weighted by molar-refractivity contribution is 5.58. The second-order valence-corrected chi connectivity index (χ2v) is 8.00. The number of benzene rings is 4. The Morgan fingerprint density at radius 3 is 1.35 bits per heavy atom. The van der Waals surface area contributed by atoms with Crippen molar-refractivity contribution in [3.05, 3.63) is 156 Å². The first-order valence-corrected chi connectivity index (χ1v) is 11.4. The average molecular weight is 445 g/mol. The van der Waals surface area contributed by atoms with Gasteiger partial charge in [0, 0.05) is 0 Å². The SMILES string of the molecule is OC(C=Cc1ccccc1)(C=Cc1ccccc1)C(C=Cc1ccccc1)Oc1ccccc1. The molecule has 0 fully saturated rings. The van der Waals surface area contributed by atoms with Crippen LogP contribution in [0, 0.1) is 0 Å². The first kappa shape index (κ1) is 23.0. The van der Waals surface area contributed by atoms with Gasteiger partial charge in [-0.05, 0) is 47.1 Å². The second kappa shape index (κ2) is 11.6. The van der Waals surface area contributed by atoms with Gasteiger partial charge in [-0.25, -0.2) is 0 Å². The lowest BCUT2D eigenvalue weighted by Crippen LogP contribution is -2.41. The van der Waals surface area contributed by atoms with Gasteiger partial charge in [-0.1, -0.05) is 127 Å². The van der Waals surface area contributed by atoms with Crippen molar-refractivity contribution in [3.63, 3.8) is 0 Å². The molecule has 4 aromatic rings. The third kappa shape index (κ3) is 6.68. The van der Waals surface area contributed by atoms with Gasteiger partial charge in [0.15, 0.2) is 6.10 Å². The summed E-state index contributed by atoms with van der Waals surface area (Å²) in [7, 11) is 0. The molecule has 0 heterocycles. The summed E-state index contributed by atoms with van der Waals surface area (Å²) < 4.78 is 6.34. The van der Waals surface area contributed by atoms with E-state index < -0.39 is 11.7 Å². The van der Waals surface area contributed by atoms with Crippen LogP contribution in [0.2, 0.25) is 0 Å². The number of para-hydroxylation sites is 1. The molecule has 0 saturated heterocycles.